The van der Waals surface area contributed by atoms with Gasteiger partial charge in [0.05, 0.1) is 5.69 Å². The molecule has 1 aromatic rings. The monoisotopic (exact) mass is 201 g/mol. The topological polar surface area (TPSA) is 12.4 Å². The molecule has 0 bridgehead atoms. The summed E-state index contributed by atoms with van der Waals surface area (Å²) in [6.45, 7) is 8.40. The molecule has 0 unspecified atom stereocenters. The highest BCUT2D eigenvalue weighted by atomic mass is 14.7. The smallest absolute Gasteiger partial charge is 0.0684 e. The number of allylic oxidation sites excluding steroid dienone is 2. The molecule has 1 nitrogen and oxygen atoms in total. The zero-order valence-electron chi connectivity index (χ0n) is 10.0. The molecule has 1 aromatic carbocycles. The van der Waals surface area contributed by atoms with Crippen LogP contribution in [-0.4, -0.2) is 6.21 Å². The maximum Gasteiger partial charge on any atom is 0.0684 e. The fraction of sp³-hybridized carbons (Fsp3) is 0.357. The highest BCUT2D eigenvalue weighted by Gasteiger charge is 1.97. The van der Waals surface area contributed by atoms with Crippen molar-refractivity contribution in [2.45, 2.75) is 34.1 Å². The summed E-state index contributed by atoms with van der Waals surface area (Å²) in [5.74, 6) is 0. The summed E-state index contributed by atoms with van der Waals surface area (Å²) in [6, 6.07) is 6.26. The van der Waals surface area contributed by atoms with E-state index in [0.29, 0.717) is 0 Å². The first-order valence-corrected chi connectivity index (χ1v) is 5.33. The van der Waals surface area contributed by atoms with Gasteiger partial charge in [0.25, 0.3) is 0 Å². The minimum absolute atomic E-state index is 0.913. The van der Waals surface area contributed by atoms with E-state index in [0.717, 1.165) is 12.1 Å². The van der Waals surface area contributed by atoms with Crippen molar-refractivity contribution < 1.29 is 0 Å². The van der Waals surface area contributed by atoms with E-state index in [1.165, 1.54) is 16.7 Å². The van der Waals surface area contributed by atoms with Gasteiger partial charge in [-0.25, -0.2) is 0 Å². The van der Waals surface area contributed by atoms with Crippen LogP contribution in [0.2, 0.25) is 0 Å². The van der Waals surface area contributed by atoms with Gasteiger partial charge in [0, 0.05) is 12.6 Å². The Morgan fingerprint density at radius 3 is 2.33 bits per heavy atom. The van der Waals surface area contributed by atoms with Crippen molar-refractivity contribution >= 4 is 11.9 Å². The van der Waals surface area contributed by atoms with Gasteiger partial charge >= 0.3 is 0 Å². The van der Waals surface area contributed by atoms with E-state index < -0.39 is 0 Å². The molecular weight excluding hydrogens is 182 g/mol. The number of hydrogen-bond acceptors (Lipinski definition) is 1. The number of para-hydroxylation sites is 1. The number of nitrogens with zero attached hydrogens (tertiary/aromatic N) is 1. The Morgan fingerprint density at radius 1 is 1.20 bits per heavy atom. The molecule has 15 heavy (non-hydrogen) atoms. The highest BCUT2D eigenvalue weighted by Crippen LogP contribution is 2.22. The fourth-order valence-corrected chi connectivity index (χ4v) is 1.44. The van der Waals surface area contributed by atoms with Crippen molar-refractivity contribution in [3.8, 4) is 0 Å². The van der Waals surface area contributed by atoms with Gasteiger partial charge in [-0.05, 0) is 38.8 Å². The van der Waals surface area contributed by atoms with E-state index in [1.807, 2.05) is 6.21 Å². The van der Waals surface area contributed by atoms with Crippen molar-refractivity contribution in [1.82, 2.24) is 0 Å². The van der Waals surface area contributed by atoms with Crippen LogP contribution in [0.25, 0.3) is 0 Å². The Bertz CT molecular complexity index is 362. The fourth-order valence-electron chi connectivity index (χ4n) is 1.44. The molecule has 0 heterocycles. The summed E-state index contributed by atoms with van der Waals surface area (Å²) >= 11 is 0. The molecule has 0 radical (unpaired) electrons. The lowest BCUT2D eigenvalue weighted by Crippen LogP contribution is -1.80. The molecule has 1 rings (SSSR count). The van der Waals surface area contributed by atoms with Crippen molar-refractivity contribution in [2.75, 3.05) is 0 Å². The first-order chi connectivity index (χ1) is 7.11. The predicted octanol–water partition coefficient (Wildman–Crippen LogP) is 4.36. The summed E-state index contributed by atoms with van der Waals surface area (Å²) in [6.07, 6.45) is 5.07. The van der Waals surface area contributed by atoms with Crippen LogP contribution in [0.5, 0.6) is 0 Å². The van der Waals surface area contributed by atoms with Gasteiger partial charge in [0.15, 0.2) is 0 Å². The van der Waals surface area contributed by atoms with Gasteiger partial charge in [-0.3, -0.25) is 4.99 Å². The molecule has 1 heteroatoms. The lowest BCUT2D eigenvalue weighted by molar-refractivity contribution is 1.30. The quantitative estimate of drug-likeness (QED) is 0.509. The van der Waals surface area contributed by atoms with Crippen LogP contribution in [0.4, 0.5) is 5.69 Å². The van der Waals surface area contributed by atoms with E-state index >= 15 is 0 Å². The molecule has 0 amide bonds. The molecule has 0 aliphatic rings. The highest BCUT2D eigenvalue weighted by molar-refractivity contribution is 5.67. The normalized spacial score (nSPS) is 10.7. The zero-order valence-corrected chi connectivity index (χ0v) is 10.0. The average molecular weight is 201 g/mol. The molecule has 0 spiro atoms. The van der Waals surface area contributed by atoms with Crippen LogP contribution in [0.3, 0.4) is 0 Å². The van der Waals surface area contributed by atoms with E-state index in [9.17, 15) is 0 Å². The molecule has 0 saturated carbocycles. The predicted molar refractivity (Wildman–Crippen MR) is 68.1 cm³/mol. The van der Waals surface area contributed by atoms with Crippen molar-refractivity contribution in [1.29, 1.82) is 0 Å². The van der Waals surface area contributed by atoms with Crippen molar-refractivity contribution in [3.05, 3.63) is 41.0 Å². The minimum atomic E-state index is 0.913. The van der Waals surface area contributed by atoms with Crippen molar-refractivity contribution in [3.63, 3.8) is 0 Å². The van der Waals surface area contributed by atoms with Gasteiger partial charge in [-0.1, -0.05) is 29.8 Å². The minimum Gasteiger partial charge on any atom is -0.260 e. The Balaban J connectivity index is 2.76. The maximum atomic E-state index is 4.51. The summed E-state index contributed by atoms with van der Waals surface area (Å²) in [7, 11) is 0. The maximum absolute atomic E-state index is 4.51. The van der Waals surface area contributed by atoms with Gasteiger partial charge in [0.2, 0.25) is 0 Å². The lowest BCUT2D eigenvalue weighted by atomic mass is 10.1. The lowest BCUT2D eigenvalue weighted by Gasteiger charge is -2.02. The summed E-state index contributed by atoms with van der Waals surface area (Å²) in [5.41, 5.74) is 4.93. The third kappa shape index (κ3) is 3.70. The summed E-state index contributed by atoms with van der Waals surface area (Å²) in [4.78, 5) is 4.51. The van der Waals surface area contributed by atoms with E-state index in [2.05, 4.69) is 57.0 Å². The SMILES string of the molecule is CC(C)=CCC=Nc1c(C)cccc1C. The molecular formula is C14H19N. The van der Waals surface area contributed by atoms with Gasteiger partial charge in [-0.2, -0.15) is 0 Å². The number of aliphatic imine (C=N–C) groups is 1. The Hall–Kier alpha value is -1.37. The van der Waals surface area contributed by atoms with Crippen LogP contribution >= 0.6 is 0 Å². The molecule has 0 atom stereocenters. The van der Waals surface area contributed by atoms with Crippen molar-refractivity contribution in [2.24, 2.45) is 4.99 Å². The molecule has 0 aliphatic carbocycles. The van der Waals surface area contributed by atoms with Crippen LogP contribution < -0.4 is 0 Å². The average Bonchev–Trinajstić information content (AvgIpc) is 2.15. The van der Waals surface area contributed by atoms with Gasteiger partial charge in [-0.15, -0.1) is 0 Å². The molecule has 0 aromatic heterocycles. The van der Waals surface area contributed by atoms with Crippen LogP contribution in [0, 0.1) is 13.8 Å². The number of aryl methyl sites for hydroxylation is 2. The third-order valence-corrected chi connectivity index (χ3v) is 2.29. The first kappa shape index (κ1) is 11.7. The Labute approximate surface area is 92.6 Å². The van der Waals surface area contributed by atoms with E-state index in [4.69, 9.17) is 0 Å². The van der Waals surface area contributed by atoms with E-state index in [1.54, 1.807) is 0 Å². The van der Waals surface area contributed by atoms with E-state index in [-0.39, 0.29) is 0 Å². The second-order valence-corrected chi connectivity index (χ2v) is 4.07. The molecule has 80 valence electrons. The van der Waals surface area contributed by atoms with Crippen LogP contribution in [0.15, 0.2) is 34.8 Å². The largest absolute Gasteiger partial charge is 0.260 e. The first-order valence-electron chi connectivity index (χ1n) is 5.33. The van der Waals surface area contributed by atoms with Gasteiger partial charge in [0.1, 0.15) is 0 Å². The second kappa shape index (κ2) is 5.50. The number of rotatable bonds is 3. The number of hydrogen-bond donors (Lipinski definition) is 0. The third-order valence-electron chi connectivity index (χ3n) is 2.29. The zero-order chi connectivity index (χ0) is 11.3. The molecule has 0 aliphatic heterocycles. The molecule has 0 saturated heterocycles. The second-order valence-electron chi connectivity index (χ2n) is 4.07. The summed E-state index contributed by atoms with van der Waals surface area (Å²) in [5, 5.41) is 0. The standard InChI is InChI=1S/C14H19N/c1-11(2)7-6-10-15-14-12(3)8-5-9-13(14)4/h5,7-10H,6H2,1-4H3. The van der Waals surface area contributed by atoms with Gasteiger partial charge < -0.3 is 0 Å². The Kier molecular flexibility index (Phi) is 4.29. The Morgan fingerprint density at radius 2 is 1.80 bits per heavy atom. The van der Waals surface area contributed by atoms with Crippen LogP contribution in [-0.2, 0) is 0 Å². The molecule has 0 fully saturated rings. The number of benzene rings is 1. The summed E-state index contributed by atoms with van der Waals surface area (Å²) < 4.78 is 0. The molecule has 0 N–H and O–H groups in total. The van der Waals surface area contributed by atoms with Crippen LogP contribution in [0.1, 0.15) is 31.4 Å².